The summed E-state index contributed by atoms with van der Waals surface area (Å²) in [5.41, 5.74) is 1.89. The SMILES string of the molecule is Cc1ccc(-c2cnc(N3CCN(CC(=O)N4CCN(C5CCC5)CC4)CC3)cn2)c(F)c1. The number of benzene rings is 1. The topological polar surface area (TPSA) is 55.8 Å². The molecule has 2 saturated heterocycles. The van der Waals surface area contributed by atoms with E-state index in [4.69, 9.17) is 0 Å². The maximum atomic E-state index is 14.2. The maximum Gasteiger partial charge on any atom is 0.236 e. The molecule has 8 heteroatoms. The number of hydrogen-bond donors (Lipinski definition) is 0. The fraction of sp³-hybridized carbons (Fsp3) is 0.560. The van der Waals surface area contributed by atoms with Crippen LogP contribution in [0.25, 0.3) is 11.3 Å². The molecule has 5 rings (SSSR count). The van der Waals surface area contributed by atoms with Crippen LogP contribution >= 0.6 is 0 Å². The van der Waals surface area contributed by atoms with Crippen molar-refractivity contribution in [1.82, 2.24) is 24.7 Å². The number of aromatic nitrogens is 2. The Morgan fingerprint density at radius 1 is 1.00 bits per heavy atom. The average molecular weight is 453 g/mol. The zero-order valence-electron chi connectivity index (χ0n) is 19.4. The van der Waals surface area contributed by atoms with E-state index in [1.165, 1.54) is 25.3 Å². The number of piperazine rings is 2. The number of nitrogens with zero attached hydrogens (tertiary/aromatic N) is 6. The maximum absolute atomic E-state index is 14.2. The minimum atomic E-state index is -0.278. The molecular formula is C25H33FN6O. The first kappa shape index (κ1) is 22.2. The highest BCUT2D eigenvalue weighted by molar-refractivity contribution is 5.78. The molecule has 176 valence electrons. The third-order valence-electron chi connectivity index (χ3n) is 7.35. The van der Waals surface area contributed by atoms with Crippen LogP contribution in [0.1, 0.15) is 24.8 Å². The van der Waals surface area contributed by atoms with E-state index in [-0.39, 0.29) is 11.7 Å². The molecule has 0 unspecified atom stereocenters. The second-order valence-corrected chi connectivity index (χ2v) is 9.51. The van der Waals surface area contributed by atoms with Gasteiger partial charge in [-0.2, -0.15) is 0 Å². The first-order chi connectivity index (χ1) is 16.1. The van der Waals surface area contributed by atoms with Gasteiger partial charge in [-0.3, -0.25) is 19.6 Å². The van der Waals surface area contributed by atoms with Gasteiger partial charge in [-0.1, -0.05) is 12.5 Å². The second-order valence-electron chi connectivity index (χ2n) is 9.51. The lowest BCUT2D eigenvalue weighted by atomic mass is 9.91. The Morgan fingerprint density at radius 3 is 2.36 bits per heavy atom. The van der Waals surface area contributed by atoms with E-state index in [0.29, 0.717) is 17.8 Å². The number of hydrogen-bond acceptors (Lipinski definition) is 6. The summed E-state index contributed by atoms with van der Waals surface area (Å²) in [4.78, 5) is 30.8. The molecule has 2 aliphatic heterocycles. The summed E-state index contributed by atoms with van der Waals surface area (Å²) < 4.78 is 14.2. The fourth-order valence-electron chi connectivity index (χ4n) is 4.97. The lowest BCUT2D eigenvalue weighted by Gasteiger charge is -2.43. The number of carbonyl (C=O) groups excluding carboxylic acids is 1. The van der Waals surface area contributed by atoms with Gasteiger partial charge in [-0.25, -0.2) is 9.37 Å². The molecule has 1 saturated carbocycles. The van der Waals surface area contributed by atoms with Crippen LogP contribution in [0.15, 0.2) is 30.6 Å². The normalized spacial score (nSPS) is 20.7. The van der Waals surface area contributed by atoms with Crippen LogP contribution in [-0.4, -0.2) is 95.5 Å². The summed E-state index contributed by atoms with van der Waals surface area (Å²) in [7, 11) is 0. The molecule has 1 aliphatic carbocycles. The molecule has 0 atom stereocenters. The van der Waals surface area contributed by atoms with E-state index in [1.807, 2.05) is 17.9 Å². The number of aryl methyl sites for hydroxylation is 1. The van der Waals surface area contributed by atoms with Gasteiger partial charge in [0.1, 0.15) is 11.6 Å². The first-order valence-electron chi connectivity index (χ1n) is 12.1. The first-order valence-corrected chi connectivity index (χ1v) is 12.1. The van der Waals surface area contributed by atoms with Gasteiger partial charge in [0.05, 0.1) is 24.6 Å². The van der Waals surface area contributed by atoms with E-state index >= 15 is 0 Å². The van der Waals surface area contributed by atoms with Crippen molar-refractivity contribution in [2.24, 2.45) is 0 Å². The number of amides is 1. The van der Waals surface area contributed by atoms with Crippen molar-refractivity contribution in [3.63, 3.8) is 0 Å². The van der Waals surface area contributed by atoms with Gasteiger partial charge in [0.2, 0.25) is 5.91 Å². The van der Waals surface area contributed by atoms with Crippen molar-refractivity contribution in [2.75, 3.05) is 63.8 Å². The molecular weight excluding hydrogens is 419 g/mol. The molecule has 0 bridgehead atoms. The van der Waals surface area contributed by atoms with Gasteiger partial charge in [-0.05, 0) is 37.5 Å². The minimum absolute atomic E-state index is 0.251. The third kappa shape index (κ3) is 5.01. The van der Waals surface area contributed by atoms with Crippen molar-refractivity contribution in [3.8, 4) is 11.3 Å². The molecule has 33 heavy (non-hydrogen) atoms. The fourth-order valence-corrected chi connectivity index (χ4v) is 4.97. The summed E-state index contributed by atoms with van der Waals surface area (Å²) in [6.45, 7) is 9.37. The van der Waals surface area contributed by atoms with Gasteiger partial charge in [0.15, 0.2) is 0 Å². The summed E-state index contributed by atoms with van der Waals surface area (Å²) in [5, 5.41) is 0. The lowest BCUT2D eigenvalue weighted by Crippen LogP contribution is -2.56. The molecule has 3 fully saturated rings. The van der Waals surface area contributed by atoms with Gasteiger partial charge in [0.25, 0.3) is 0 Å². The summed E-state index contributed by atoms with van der Waals surface area (Å²) in [6.07, 6.45) is 7.37. The highest BCUT2D eigenvalue weighted by Crippen LogP contribution is 2.26. The van der Waals surface area contributed by atoms with Crippen LogP contribution < -0.4 is 4.90 Å². The molecule has 0 N–H and O–H groups in total. The standard InChI is InChI=1S/C25H33FN6O/c1-19-5-6-21(22(26)15-19)23-16-28-24(17-27-23)31-9-7-29(8-10-31)18-25(33)32-13-11-30(12-14-32)20-3-2-4-20/h5-6,15-17,20H,2-4,7-14,18H2,1H3. The predicted octanol–water partition coefficient (Wildman–Crippen LogP) is 2.41. The van der Waals surface area contributed by atoms with Crippen molar-refractivity contribution < 1.29 is 9.18 Å². The summed E-state index contributed by atoms with van der Waals surface area (Å²) in [6, 6.07) is 5.91. The Balaban J connectivity index is 1.09. The smallest absolute Gasteiger partial charge is 0.236 e. The van der Waals surface area contributed by atoms with E-state index in [2.05, 4.69) is 24.7 Å². The lowest BCUT2D eigenvalue weighted by molar-refractivity contribution is -0.134. The highest BCUT2D eigenvalue weighted by atomic mass is 19.1. The zero-order chi connectivity index (χ0) is 22.8. The molecule has 7 nitrogen and oxygen atoms in total. The third-order valence-corrected chi connectivity index (χ3v) is 7.35. The van der Waals surface area contributed by atoms with Gasteiger partial charge < -0.3 is 9.80 Å². The molecule has 3 aliphatic rings. The van der Waals surface area contributed by atoms with E-state index in [1.54, 1.807) is 18.5 Å². The Labute approximate surface area is 195 Å². The molecule has 2 aromatic rings. The van der Waals surface area contributed by atoms with Crippen LogP contribution in [0.2, 0.25) is 0 Å². The largest absolute Gasteiger partial charge is 0.353 e. The monoisotopic (exact) mass is 452 g/mol. The van der Waals surface area contributed by atoms with Crippen molar-refractivity contribution in [3.05, 3.63) is 42.0 Å². The van der Waals surface area contributed by atoms with Crippen LogP contribution in [0, 0.1) is 12.7 Å². The Hall–Kier alpha value is -2.58. The Bertz CT molecular complexity index is 963. The van der Waals surface area contributed by atoms with Gasteiger partial charge in [-0.15, -0.1) is 0 Å². The molecule has 1 amide bonds. The van der Waals surface area contributed by atoms with Crippen molar-refractivity contribution in [2.45, 2.75) is 32.2 Å². The number of carbonyl (C=O) groups is 1. The minimum Gasteiger partial charge on any atom is -0.353 e. The molecule has 0 spiro atoms. The van der Waals surface area contributed by atoms with Crippen LogP contribution in [-0.2, 0) is 4.79 Å². The van der Waals surface area contributed by atoms with Crippen LogP contribution in [0.4, 0.5) is 10.2 Å². The highest BCUT2D eigenvalue weighted by Gasteiger charge is 2.30. The predicted molar refractivity (Wildman–Crippen MR) is 127 cm³/mol. The molecule has 3 heterocycles. The summed E-state index contributed by atoms with van der Waals surface area (Å²) in [5.74, 6) is 0.769. The van der Waals surface area contributed by atoms with Gasteiger partial charge >= 0.3 is 0 Å². The number of halogens is 1. The van der Waals surface area contributed by atoms with E-state index in [9.17, 15) is 9.18 Å². The van der Waals surface area contributed by atoms with E-state index in [0.717, 1.165) is 69.8 Å². The number of anilines is 1. The van der Waals surface area contributed by atoms with Gasteiger partial charge in [0, 0.05) is 64.0 Å². The molecule has 0 radical (unpaired) electrons. The Kier molecular flexibility index (Phi) is 6.55. The van der Waals surface area contributed by atoms with E-state index < -0.39 is 0 Å². The second kappa shape index (κ2) is 9.73. The van der Waals surface area contributed by atoms with Crippen LogP contribution in [0.5, 0.6) is 0 Å². The average Bonchev–Trinajstić information content (AvgIpc) is 2.79. The summed E-state index contributed by atoms with van der Waals surface area (Å²) >= 11 is 0. The number of rotatable bonds is 5. The quantitative estimate of drug-likeness (QED) is 0.695. The van der Waals surface area contributed by atoms with Crippen LogP contribution in [0.3, 0.4) is 0 Å². The Morgan fingerprint density at radius 2 is 1.76 bits per heavy atom. The van der Waals surface area contributed by atoms with Crippen molar-refractivity contribution >= 4 is 11.7 Å². The molecule has 1 aromatic heterocycles. The molecule has 1 aromatic carbocycles. The zero-order valence-corrected chi connectivity index (χ0v) is 19.4. The van der Waals surface area contributed by atoms with Crippen molar-refractivity contribution in [1.29, 1.82) is 0 Å².